The standard InChI is InChI=1S/C21H18N2O2/c1-22-20(24)18-19(25-21(23-18)15-9-3-2-4-10-15)17-13-7-11-14-8-5-6-12-16(14)17/h2-13,18-19H,1H3,(H,22,24)/t18-,19-/m1/s1. The molecule has 1 aliphatic heterocycles. The molecule has 4 nitrogen and oxygen atoms in total. The second-order valence-corrected chi connectivity index (χ2v) is 5.97. The lowest BCUT2D eigenvalue weighted by Gasteiger charge is -2.19. The normalized spacial score (nSPS) is 19.3. The summed E-state index contributed by atoms with van der Waals surface area (Å²) in [7, 11) is 1.62. The molecule has 4 heteroatoms. The average molecular weight is 330 g/mol. The highest BCUT2D eigenvalue weighted by atomic mass is 16.5. The van der Waals surface area contributed by atoms with Gasteiger partial charge in [-0.15, -0.1) is 0 Å². The zero-order chi connectivity index (χ0) is 17.2. The molecule has 3 aromatic rings. The predicted octanol–water partition coefficient (Wildman–Crippen LogP) is 3.47. The summed E-state index contributed by atoms with van der Waals surface area (Å²) >= 11 is 0. The van der Waals surface area contributed by atoms with Crippen LogP contribution in [0.25, 0.3) is 10.8 Å². The molecule has 1 N–H and O–H groups in total. The van der Waals surface area contributed by atoms with Crippen LogP contribution in [0.1, 0.15) is 17.2 Å². The van der Waals surface area contributed by atoms with Crippen LogP contribution in [0.4, 0.5) is 0 Å². The number of aliphatic imine (C=N–C) groups is 1. The molecule has 0 aromatic heterocycles. The number of rotatable bonds is 3. The number of fused-ring (bicyclic) bond motifs is 1. The zero-order valence-corrected chi connectivity index (χ0v) is 13.8. The van der Waals surface area contributed by atoms with Gasteiger partial charge in [-0.2, -0.15) is 0 Å². The minimum atomic E-state index is -0.606. The smallest absolute Gasteiger partial charge is 0.248 e. The minimum absolute atomic E-state index is 0.149. The Morgan fingerprint density at radius 3 is 2.48 bits per heavy atom. The number of hydrogen-bond donors (Lipinski definition) is 1. The summed E-state index contributed by atoms with van der Waals surface area (Å²) in [6, 6.07) is 23.2. The lowest BCUT2D eigenvalue weighted by atomic mass is 9.96. The molecule has 0 fully saturated rings. The summed E-state index contributed by atoms with van der Waals surface area (Å²) in [5, 5.41) is 4.90. The van der Waals surface area contributed by atoms with E-state index in [0.29, 0.717) is 5.90 Å². The first-order chi connectivity index (χ1) is 12.3. The van der Waals surface area contributed by atoms with Crippen molar-refractivity contribution in [3.05, 3.63) is 83.9 Å². The van der Waals surface area contributed by atoms with Gasteiger partial charge in [0, 0.05) is 18.2 Å². The molecule has 4 rings (SSSR count). The highest BCUT2D eigenvalue weighted by Crippen LogP contribution is 2.35. The van der Waals surface area contributed by atoms with Gasteiger partial charge in [-0.1, -0.05) is 60.7 Å². The van der Waals surface area contributed by atoms with E-state index in [-0.39, 0.29) is 5.91 Å². The van der Waals surface area contributed by atoms with Crippen LogP contribution in [0.2, 0.25) is 0 Å². The monoisotopic (exact) mass is 330 g/mol. The Morgan fingerprint density at radius 2 is 1.68 bits per heavy atom. The summed E-state index contributed by atoms with van der Waals surface area (Å²) < 4.78 is 6.17. The van der Waals surface area contributed by atoms with Crippen molar-refractivity contribution in [1.82, 2.24) is 5.32 Å². The number of nitrogens with one attached hydrogen (secondary N) is 1. The number of hydrogen-bond acceptors (Lipinski definition) is 3. The molecule has 1 aliphatic rings. The van der Waals surface area contributed by atoms with Crippen LogP contribution in [-0.2, 0) is 9.53 Å². The van der Waals surface area contributed by atoms with Crippen LogP contribution in [-0.4, -0.2) is 24.9 Å². The Hall–Kier alpha value is -3.14. The van der Waals surface area contributed by atoms with E-state index in [0.717, 1.165) is 21.9 Å². The van der Waals surface area contributed by atoms with Crippen molar-refractivity contribution in [3.63, 3.8) is 0 Å². The van der Waals surface area contributed by atoms with Crippen molar-refractivity contribution in [2.75, 3.05) is 7.05 Å². The lowest BCUT2D eigenvalue weighted by molar-refractivity contribution is -0.123. The number of ether oxygens (including phenoxy) is 1. The molecule has 0 saturated carbocycles. The van der Waals surface area contributed by atoms with Gasteiger partial charge in [0.1, 0.15) is 0 Å². The molecular weight excluding hydrogens is 312 g/mol. The molecule has 3 aromatic carbocycles. The first-order valence-electron chi connectivity index (χ1n) is 8.27. The summed E-state index contributed by atoms with van der Waals surface area (Å²) in [5.41, 5.74) is 1.85. The van der Waals surface area contributed by atoms with E-state index in [1.807, 2.05) is 54.6 Å². The van der Waals surface area contributed by atoms with Gasteiger partial charge >= 0.3 is 0 Å². The highest BCUT2D eigenvalue weighted by Gasteiger charge is 2.38. The number of likely N-dealkylation sites (N-methyl/N-ethyl adjacent to an activating group) is 1. The Labute approximate surface area is 146 Å². The maximum Gasteiger partial charge on any atom is 0.248 e. The van der Waals surface area contributed by atoms with E-state index in [2.05, 4.69) is 28.5 Å². The molecule has 25 heavy (non-hydrogen) atoms. The van der Waals surface area contributed by atoms with Gasteiger partial charge < -0.3 is 10.1 Å². The second-order valence-electron chi connectivity index (χ2n) is 5.97. The molecule has 2 atom stereocenters. The summed E-state index contributed by atoms with van der Waals surface area (Å²) in [6.07, 6.45) is -0.443. The van der Waals surface area contributed by atoms with Crippen LogP contribution in [0.15, 0.2) is 77.8 Å². The predicted molar refractivity (Wildman–Crippen MR) is 98.6 cm³/mol. The highest BCUT2D eigenvalue weighted by molar-refractivity contribution is 5.99. The van der Waals surface area contributed by atoms with E-state index in [9.17, 15) is 4.79 Å². The van der Waals surface area contributed by atoms with Gasteiger partial charge in [0.25, 0.3) is 0 Å². The van der Waals surface area contributed by atoms with Crippen LogP contribution in [0.5, 0.6) is 0 Å². The van der Waals surface area contributed by atoms with Crippen LogP contribution >= 0.6 is 0 Å². The molecule has 1 amide bonds. The molecule has 0 saturated heterocycles. The molecule has 124 valence electrons. The lowest BCUT2D eigenvalue weighted by Crippen LogP contribution is -2.33. The van der Waals surface area contributed by atoms with E-state index < -0.39 is 12.1 Å². The largest absolute Gasteiger partial charge is 0.466 e. The fraction of sp³-hybridized carbons (Fsp3) is 0.143. The number of carbonyl (C=O) groups excluding carboxylic acids is 1. The number of carbonyl (C=O) groups is 1. The Balaban J connectivity index is 1.79. The first kappa shape index (κ1) is 15.4. The SMILES string of the molecule is CNC(=O)[C@@H]1N=C(c2ccccc2)O[C@@H]1c1cccc2ccccc12. The van der Waals surface area contributed by atoms with Gasteiger partial charge in [-0.3, -0.25) is 4.79 Å². The molecular formula is C21H18N2O2. The van der Waals surface area contributed by atoms with Gasteiger partial charge in [0.05, 0.1) is 0 Å². The van der Waals surface area contributed by atoms with Crippen LogP contribution in [0, 0.1) is 0 Å². The fourth-order valence-electron chi connectivity index (χ4n) is 3.21. The van der Waals surface area contributed by atoms with E-state index in [1.165, 1.54) is 0 Å². The summed E-state index contributed by atoms with van der Waals surface area (Å²) in [5.74, 6) is 0.357. The van der Waals surface area contributed by atoms with Crippen molar-refractivity contribution in [1.29, 1.82) is 0 Å². The maximum atomic E-state index is 12.4. The zero-order valence-electron chi connectivity index (χ0n) is 13.8. The Bertz CT molecular complexity index is 945. The Kier molecular flexibility index (Phi) is 3.94. The van der Waals surface area contributed by atoms with E-state index in [4.69, 9.17) is 4.74 Å². The molecule has 1 heterocycles. The fourth-order valence-corrected chi connectivity index (χ4v) is 3.21. The van der Waals surface area contributed by atoms with E-state index in [1.54, 1.807) is 7.05 Å². The van der Waals surface area contributed by atoms with Gasteiger partial charge in [-0.25, -0.2) is 4.99 Å². The number of amides is 1. The summed E-state index contributed by atoms with van der Waals surface area (Å²) in [4.78, 5) is 17.0. The third kappa shape index (κ3) is 2.76. The number of nitrogens with zero attached hydrogens (tertiary/aromatic N) is 1. The van der Waals surface area contributed by atoms with Gasteiger partial charge in [0.2, 0.25) is 11.8 Å². The van der Waals surface area contributed by atoms with Crippen molar-refractivity contribution >= 4 is 22.6 Å². The summed E-state index contributed by atoms with van der Waals surface area (Å²) in [6.45, 7) is 0. The molecule has 0 aliphatic carbocycles. The molecule has 0 radical (unpaired) electrons. The van der Waals surface area contributed by atoms with Crippen molar-refractivity contribution < 1.29 is 9.53 Å². The molecule has 0 unspecified atom stereocenters. The number of benzene rings is 3. The quantitative estimate of drug-likeness (QED) is 0.799. The topological polar surface area (TPSA) is 50.7 Å². The minimum Gasteiger partial charge on any atom is -0.466 e. The van der Waals surface area contributed by atoms with Crippen molar-refractivity contribution in [2.45, 2.75) is 12.1 Å². The van der Waals surface area contributed by atoms with Crippen LogP contribution < -0.4 is 5.32 Å². The maximum absolute atomic E-state index is 12.4. The third-order valence-electron chi connectivity index (χ3n) is 4.45. The van der Waals surface area contributed by atoms with Gasteiger partial charge in [-0.05, 0) is 22.9 Å². The molecule has 0 spiro atoms. The Morgan fingerprint density at radius 1 is 0.960 bits per heavy atom. The first-order valence-corrected chi connectivity index (χ1v) is 8.27. The second kappa shape index (κ2) is 6.40. The van der Waals surface area contributed by atoms with E-state index >= 15 is 0 Å². The average Bonchev–Trinajstić information content (AvgIpc) is 3.13. The third-order valence-corrected chi connectivity index (χ3v) is 4.45. The van der Waals surface area contributed by atoms with Crippen molar-refractivity contribution in [2.24, 2.45) is 4.99 Å². The van der Waals surface area contributed by atoms with Crippen LogP contribution in [0.3, 0.4) is 0 Å². The van der Waals surface area contributed by atoms with Gasteiger partial charge in [0.15, 0.2) is 12.1 Å². The molecule has 0 bridgehead atoms. The van der Waals surface area contributed by atoms with Crippen molar-refractivity contribution in [3.8, 4) is 0 Å².